The van der Waals surface area contributed by atoms with Crippen LogP contribution >= 0.6 is 27.5 Å². The van der Waals surface area contributed by atoms with E-state index in [9.17, 15) is 0 Å². The lowest BCUT2D eigenvalue weighted by molar-refractivity contribution is 0.267. The van der Waals surface area contributed by atoms with E-state index < -0.39 is 0 Å². The first kappa shape index (κ1) is 14.9. The van der Waals surface area contributed by atoms with Gasteiger partial charge in [0.1, 0.15) is 23.9 Å². The van der Waals surface area contributed by atoms with E-state index in [0.29, 0.717) is 23.4 Å². The van der Waals surface area contributed by atoms with Crippen LogP contribution in [0, 0.1) is 6.92 Å². The molecule has 5 heteroatoms. The highest BCUT2D eigenvalue weighted by Gasteiger charge is 2.21. The van der Waals surface area contributed by atoms with Crippen molar-refractivity contribution in [1.29, 1.82) is 0 Å². The molecule has 0 saturated heterocycles. The van der Waals surface area contributed by atoms with Crippen LogP contribution in [0.4, 0.5) is 0 Å². The van der Waals surface area contributed by atoms with Crippen LogP contribution in [0.5, 0.6) is 5.75 Å². The largest absolute Gasteiger partial charge is 0.484 e. The second-order valence-corrected chi connectivity index (χ2v) is 6.64. The van der Waals surface area contributed by atoms with Crippen LogP contribution in [-0.2, 0) is 13.2 Å². The predicted molar refractivity (Wildman–Crippen MR) is 86.8 cm³/mol. The molecule has 1 saturated carbocycles. The summed E-state index contributed by atoms with van der Waals surface area (Å²) < 4.78 is 12.4. The molecular weight excluding hydrogens is 354 g/mol. The van der Waals surface area contributed by atoms with Gasteiger partial charge in [-0.1, -0.05) is 27.5 Å². The lowest BCUT2D eigenvalue weighted by Crippen LogP contribution is -2.15. The number of rotatable bonds is 6. The van der Waals surface area contributed by atoms with Gasteiger partial charge in [0.15, 0.2) is 0 Å². The highest BCUT2D eigenvalue weighted by atomic mass is 79.9. The molecule has 0 aliphatic heterocycles. The molecule has 1 aliphatic carbocycles. The number of nitrogens with one attached hydrogen (secondary N) is 1. The Hall–Kier alpha value is -0.970. The number of hydrogen-bond acceptors (Lipinski definition) is 3. The van der Waals surface area contributed by atoms with E-state index >= 15 is 0 Å². The van der Waals surface area contributed by atoms with Gasteiger partial charge in [-0.15, -0.1) is 0 Å². The van der Waals surface area contributed by atoms with Crippen molar-refractivity contribution in [2.24, 2.45) is 0 Å². The molecule has 0 unspecified atom stereocenters. The van der Waals surface area contributed by atoms with Gasteiger partial charge in [0.05, 0.1) is 5.02 Å². The van der Waals surface area contributed by atoms with Gasteiger partial charge in [0.25, 0.3) is 0 Å². The van der Waals surface area contributed by atoms with Crippen LogP contribution in [0.1, 0.15) is 29.9 Å². The summed E-state index contributed by atoms with van der Waals surface area (Å²) in [5.74, 6) is 2.43. The highest BCUT2D eigenvalue weighted by molar-refractivity contribution is 9.10. The zero-order valence-electron chi connectivity index (χ0n) is 11.8. The van der Waals surface area contributed by atoms with Crippen molar-refractivity contribution >= 4 is 27.5 Å². The second kappa shape index (κ2) is 6.42. The van der Waals surface area contributed by atoms with Gasteiger partial charge in [-0.3, -0.25) is 0 Å². The third-order valence-corrected chi connectivity index (χ3v) is 4.28. The van der Waals surface area contributed by atoms with E-state index in [2.05, 4.69) is 27.3 Å². The fourth-order valence-electron chi connectivity index (χ4n) is 2.12. The first-order chi connectivity index (χ1) is 10.1. The maximum Gasteiger partial charge on any atom is 0.146 e. The van der Waals surface area contributed by atoms with E-state index in [0.717, 1.165) is 22.5 Å². The number of halogens is 2. The van der Waals surface area contributed by atoms with Crippen molar-refractivity contribution in [2.45, 2.75) is 39.0 Å². The Kier molecular flexibility index (Phi) is 4.57. The molecule has 0 radical (unpaired) electrons. The predicted octanol–water partition coefficient (Wildman–Crippen LogP) is 4.83. The lowest BCUT2D eigenvalue weighted by atomic mass is 10.2. The van der Waals surface area contributed by atoms with Crippen LogP contribution in [0.2, 0.25) is 5.02 Å². The van der Waals surface area contributed by atoms with Crippen LogP contribution in [0.3, 0.4) is 0 Å². The zero-order valence-corrected chi connectivity index (χ0v) is 14.1. The maximum absolute atomic E-state index is 6.13. The Bertz CT molecular complexity index is 637. The normalized spacial score (nSPS) is 14.4. The van der Waals surface area contributed by atoms with Crippen LogP contribution in [0.15, 0.2) is 33.2 Å². The van der Waals surface area contributed by atoms with Gasteiger partial charge < -0.3 is 14.5 Å². The quantitative estimate of drug-likeness (QED) is 0.790. The average Bonchev–Trinajstić information content (AvgIpc) is 3.20. The van der Waals surface area contributed by atoms with Gasteiger partial charge >= 0.3 is 0 Å². The SMILES string of the molecule is Cc1oc(COc2ccc(Br)cc2Cl)cc1CNC1CC1. The fourth-order valence-corrected chi connectivity index (χ4v) is 2.85. The fraction of sp³-hybridized carbons (Fsp3) is 0.375. The molecule has 3 rings (SSSR count). The Balaban J connectivity index is 1.60. The summed E-state index contributed by atoms with van der Waals surface area (Å²) in [5, 5.41) is 4.08. The molecule has 112 valence electrons. The summed E-state index contributed by atoms with van der Waals surface area (Å²) in [6, 6.07) is 8.31. The van der Waals surface area contributed by atoms with Gasteiger partial charge in [-0.2, -0.15) is 0 Å². The van der Waals surface area contributed by atoms with Crippen molar-refractivity contribution in [2.75, 3.05) is 0 Å². The maximum atomic E-state index is 6.13. The van der Waals surface area contributed by atoms with Crippen molar-refractivity contribution in [3.63, 3.8) is 0 Å². The van der Waals surface area contributed by atoms with Crippen LogP contribution in [-0.4, -0.2) is 6.04 Å². The third-order valence-electron chi connectivity index (χ3n) is 3.49. The van der Waals surface area contributed by atoms with E-state index in [1.807, 2.05) is 25.1 Å². The molecule has 1 aromatic carbocycles. The molecule has 1 N–H and O–H groups in total. The highest BCUT2D eigenvalue weighted by Crippen LogP contribution is 2.29. The molecule has 0 spiro atoms. The molecular formula is C16H17BrClNO2. The molecule has 0 bridgehead atoms. The molecule has 0 atom stereocenters. The van der Waals surface area contributed by atoms with Crippen molar-refractivity contribution in [1.82, 2.24) is 5.32 Å². The smallest absolute Gasteiger partial charge is 0.146 e. The monoisotopic (exact) mass is 369 g/mol. The number of ether oxygens (including phenoxy) is 1. The number of aryl methyl sites for hydroxylation is 1. The van der Waals surface area contributed by atoms with Gasteiger partial charge in [-0.05, 0) is 44.0 Å². The topological polar surface area (TPSA) is 34.4 Å². The van der Waals surface area contributed by atoms with Gasteiger partial charge in [-0.25, -0.2) is 0 Å². The van der Waals surface area contributed by atoms with Crippen LogP contribution < -0.4 is 10.1 Å². The summed E-state index contributed by atoms with van der Waals surface area (Å²) in [6.07, 6.45) is 2.57. The van der Waals surface area contributed by atoms with E-state index in [1.165, 1.54) is 18.4 Å². The van der Waals surface area contributed by atoms with Crippen molar-refractivity contribution in [3.8, 4) is 5.75 Å². The van der Waals surface area contributed by atoms with E-state index in [1.54, 1.807) is 0 Å². The van der Waals surface area contributed by atoms with Gasteiger partial charge in [0.2, 0.25) is 0 Å². The number of furan rings is 1. The molecule has 1 heterocycles. The summed E-state index contributed by atoms with van der Waals surface area (Å²) in [5.41, 5.74) is 1.20. The molecule has 21 heavy (non-hydrogen) atoms. The molecule has 1 fully saturated rings. The van der Waals surface area contributed by atoms with Crippen LogP contribution in [0.25, 0.3) is 0 Å². The number of hydrogen-bond donors (Lipinski definition) is 1. The van der Waals surface area contributed by atoms with Gasteiger partial charge in [0, 0.05) is 22.6 Å². The van der Waals surface area contributed by atoms with Crippen molar-refractivity contribution in [3.05, 3.63) is 50.8 Å². The molecule has 2 aromatic rings. The molecule has 3 nitrogen and oxygen atoms in total. The first-order valence-corrected chi connectivity index (χ1v) is 8.18. The molecule has 1 aliphatic rings. The summed E-state index contributed by atoms with van der Waals surface area (Å²) in [6.45, 7) is 3.23. The molecule has 0 amide bonds. The minimum atomic E-state index is 0.381. The Morgan fingerprint density at radius 1 is 1.38 bits per heavy atom. The summed E-state index contributed by atoms with van der Waals surface area (Å²) >= 11 is 9.50. The number of benzene rings is 1. The Morgan fingerprint density at radius 3 is 2.90 bits per heavy atom. The Morgan fingerprint density at radius 2 is 2.19 bits per heavy atom. The zero-order chi connectivity index (χ0) is 14.8. The Labute approximate surface area is 137 Å². The average molecular weight is 371 g/mol. The van der Waals surface area contributed by atoms with E-state index in [-0.39, 0.29) is 0 Å². The van der Waals surface area contributed by atoms with Crippen molar-refractivity contribution < 1.29 is 9.15 Å². The second-order valence-electron chi connectivity index (χ2n) is 5.31. The molecule has 1 aromatic heterocycles. The standard InChI is InChI=1S/C16H17BrClNO2/c1-10-11(8-19-13-3-4-13)6-14(21-10)9-20-16-5-2-12(17)7-15(16)18/h2,5-7,13,19H,3-4,8-9H2,1H3. The van der Waals surface area contributed by atoms with E-state index in [4.69, 9.17) is 20.8 Å². The summed E-state index contributed by atoms with van der Waals surface area (Å²) in [7, 11) is 0. The summed E-state index contributed by atoms with van der Waals surface area (Å²) in [4.78, 5) is 0. The minimum absolute atomic E-state index is 0.381. The third kappa shape index (κ3) is 4.02. The lowest BCUT2D eigenvalue weighted by Gasteiger charge is -2.06. The minimum Gasteiger partial charge on any atom is -0.484 e. The first-order valence-electron chi connectivity index (χ1n) is 7.01.